The number of hydrogen-bond donors (Lipinski definition) is 2. The molecule has 0 aromatic carbocycles. The minimum atomic E-state index is -1.01. The first-order valence-corrected chi connectivity index (χ1v) is 9.52. The van der Waals surface area contributed by atoms with E-state index in [9.17, 15) is 9.90 Å². The zero-order chi connectivity index (χ0) is 19.9. The fraction of sp³-hybridized carbons (Fsp3) is 0.500. The van der Waals surface area contributed by atoms with E-state index in [1.807, 2.05) is 6.07 Å². The van der Waals surface area contributed by atoms with Crippen molar-refractivity contribution in [3.05, 3.63) is 30.2 Å². The van der Waals surface area contributed by atoms with Gasteiger partial charge in [0.05, 0.1) is 30.2 Å². The van der Waals surface area contributed by atoms with Gasteiger partial charge in [-0.05, 0) is 45.2 Å². The van der Waals surface area contributed by atoms with Crippen LogP contribution in [-0.4, -0.2) is 51.8 Å². The summed E-state index contributed by atoms with van der Waals surface area (Å²) in [6.07, 6.45) is 6.14. The summed E-state index contributed by atoms with van der Waals surface area (Å²) in [6.45, 7) is 3.60. The van der Waals surface area contributed by atoms with Gasteiger partial charge in [-0.2, -0.15) is 0 Å². The third-order valence-corrected chi connectivity index (χ3v) is 5.40. The second kappa shape index (κ2) is 7.10. The smallest absolute Gasteiger partial charge is 0.247 e. The van der Waals surface area contributed by atoms with E-state index in [4.69, 9.17) is 9.72 Å². The molecule has 0 bridgehead atoms. The van der Waals surface area contributed by atoms with Gasteiger partial charge in [0.2, 0.25) is 5.91 Å². The molecule has 8 heteroatoms. The van der Waals surface area contributed by atoms with Crippen LogP contribution in [0.4, 0.5) is 11.6 Å². The number of rotatable bonds is 4. The van der Waals surface area contributed by atoms with Crippen LogP contribution in [0.2, 0.25) is 0 Å². The summed E-state index contributed by atoms with van der Waals surface area (Å²) in [4.78, 5) is 28.0. The molecule has 1 aliphatic carbocycles. The second-order valence-corrected chi connectivity index (χ2v) is 7.86. The number of carbonyl (C=O) groups excluding carboxylic acids is 1. The number of pyridine rings is 1. The number of carbonyl (C=O) groups is 1. The van der Waals surface area contributed by atoms with Crippen molar-refractivity contribution in [2.24, 2.45) is 0 Å². The topological polar surface area (TPSA) is 100 Å². The fourth-order valence-corrected chi connectivity index (χ4v) is 3.82. The Morgan fingerprint density at radius 3 is 2.71 bits per heavy atom. The van der Waals surface area contributed by atoms with E-state index in [0.717, 1.165) is 24.8 Å². The summed E-state index contributed by atoms with van der Waals surface area (Å²) in [6, 6.07) is 3.70. The van der Waals surface area contributed by atoms with Gasteiger partial charge < -0.3 is 15.2 Å². The van der Waals surface area contributed by atoms with E-state index in [1.165, 1.54) is 0 Å². The summed E-state index contributed by atoms with van der Waals surface area (Å²) >= 11 is 0. The summed E-state index contributed by atoms with van der Waals surface area (Å²) in [5.74, 6) is 1.17. The van der Waals surface area contributed by atoms with Gasteiger partial charge in [0.1, 0.15) is 5.60 Å². The van der Waals surface area contributed by atoms with Crippen LogP contribution in [0.1, 0.15) is 38.8 Å². The predicted octanol–water partition coefficient (Wildman–Crippen LogP) is 2.09. The molecule has 8 nitrogen and oxygen atoms in total. The molecule has 1 aliphatic heterocycles. The molecule has 3 heterocycles. The highest BCUT2D eigenvalue weighted by molar-refractivity contribution is 6.01. The Bertz CT molecular complexity index is 878. The first kappa shape index (κ1) is 18.8. The van der Waals surface area contributed by atoms with Crippen molar-refractivity contribution in [1.29, 1.82) is 0 Å². The lowest BCUT2D eigenvalue weighted by molar-refractivity contribution is -0.117. The van der Waals surface area contributed by atoms with Crippen LogP contribution in [-0.2, 0) is 15.1 Å². The van der Waals surface area contributed by atoms with Crippen LogP contribution in [0.25, 0.3) is 11.3 Å². The molecule has 28 heavy (non-hydrogen) atoms. The number of amides is 1. The minimum Gasteiger partial charge on any atom is -0.384 e. The van der Waals surface area contributed by atoms with Crippen molar-refractivity contribution in [2.45, 2.75) is 50.9 Å². The van der Waals surface area contributed by atoms with E-state index >= 15 is 0 Å². The largest absolute Gasteiger partial charge is 0.384 e. The third-order valence-electron chi connectivity index (χ3n) is 5.40. The van der Waals surface area contributed by atoms with Crippen LogP contribution in [0, 0.1) is 0 Å². The SMILES string of the molecule is CO[C@@H]1CC[C@H](N2C(=O)CNc3ncc(-c4ccc(C(C)(C)O)nc4)nc32)C1. The highest BCUT2D eigenvalue weighted by Gasteiger charge is 2.37. The highest BCUT2D eigenvalue weighted by atomic mass is 16.5. The van der Waals surface area contributed by atoms with E-state index < -0.39 is 5.60 Å². The Kier molecular flexibility index (Phi) is 4.76. The van der Waals surface area contributed by atoms with Crippen LogP contribution < -0.4 is 10.2 Å². The standard InChI is InChI=1S/C20H25N5O3/c1-20(2,27)16-7-4-12(9-21-16)15-10-22-18-19(24-15)25(17(26)11-23-18)13-5-6-14(8-13)28-3/h4,7,9-10,13-14,27H,5-6,8,11H2,1-3H3,(H,22,23)/t13-,14+/m0/s1. The molecular weight excluding hydrogens is 358 g/mol. The van der Waals surface area contributed by atoms with E-state index in [2.05, 4.69) is 15.3 Å². The van der Waals surface area contributed by atoms with Crippen molar-refractivity contribution in [3.63, 3.8) is 0 Å². The van der Waals surface area contributed by atoms with Crippen LogP contribution >= 0.6 is 0 Å². The number of nitrogens with zero attached hydrogens (tertiary/aromatic N) is 4. The van der Waals surface area contributed by atoms with Crippen LogP contribution in [0.5, 0.6) is 0 Å². The number of aromatic nitrogens is 3. The molecule has 1 saturated carbocycles. The zero-order valence-corrected chi connectivity index (χ0v) is 16.3. The van der Waals surface area contributed by atoms with E-state index in [1.54, 1.807) is 44.3 Å². The molecule has 1 amide bonds. The first-order valence-electron chi connectivity index (χ1n) is 9.52. The van der Waals surface area contributed by atoms with Gasteiger partial charge in [-0.3, -0.25) is 14.7 Å². The molecular formula is C20H25N5O3. The maximum absolute atomic E-state index is 12.7. The molecule has 2 aromatic heterocycles. The maximum Gasteiger partial charge on any atom is 0.247 e. The average Bonchev–Trinajstić information content (AvgIpc) is 3.15. The summed E-state index contributed by atoms with van der Waals surface area (Å²) in [5.41, 5.74) is 0.990. The van der Waals surface area contributed by atoms with E-state index in [-0.39, 0.29) is 24.6 Å². The number of ether oxygens (including phenoxy) is 1. The minimum absolute atomic E-state index is 0.00351. The Labute approximate surface area is 164 Å². The predicted molar refractivity (Wildman–Crippen MR) is 105 cm³/mol. The number of hydrogen-bond acceptors (Lipinski definition) is 7. The quantitative estimate of drug-likeness (QED) is 0.834. The molecule has 2 N–H and O–H groups in total. The van der Waals surface area contributed by atoms with Gasteiger partial charge in [0.15, 0.2) is 11.6 Å². The van der Waals surface area contributed by atoms with Gasteiger partial charge in [-0.1, -0.05) is 0 Å². The number of methoxy groups -OCH3 is 1. The molecule has 2 atom stereocenters. The lowest BCUT2D eigenvalue weighted by Crippen LogP contribution is -2.46. The van der Waals surface area contributed by atoms with Gasteiger partial charge >= 0.3 is 0 Å². The number of nitrogens with one attached hydrogen (secondary N) is 1. The first-order chi connectivity index (χ1) is 13.4. The molecule has 0 radical (unpaired) electrons. The van der Waals surface area contributed by atoms with Gasteiger partial charge in [0.25, 0.3) is 0 Å². The van der Waals surface area contributed by atoms with Crippen molar-refractivity contribution >= 4 is 17.5 Å². The number of fused-ring (bicyclic) bond motifs is 1. The Morgan fingerprint density at radius 2 is 2.07 bits per heavy atom. The normalized spacial score (nSPS) is 22.1. The summed E-state index contributed by atoms with van der Waals surface area (Å²) in [5, 5.41) is 13.1. The Hall–Kier alpha value is -2.58. The third kappa shape index (κ3) is 3.45. The monoisotopic (exact) mass is 383 g/mol. The molecule has 148 valence electrons. The van der Waals surface area contributed by atoms with Gasteiger partial charge in [0, 0.05) is 24.9 Å². The highest BCUT2D eigenvalue weighted by Crippen LogP contribution is 2.35. The molecule has 4 rings (SSSR count). The average molecular weight is 383 g/mol. The molecule has 0 unspecified atom stereocenters. The lowest BCUT2D eigenvalue weighted by atomic mass is 10.0. The molecule has 2 aliphatic rings. The molecule has 0 spiro atoms. The van der Waals surface area contributed by atoms with Crippen molar-refractivity contribution in [1.82, 2.24) is 15.0 Å². The second-order valence-electron chi connectivity index (χ2n) is 7.86. The van der Waals surface area contributed by atoms with Gasteiger partial charge in [-0.25, -0.2) is 9.97 Å². The molecule has 0 saturated heterocycles. The number of aliphatic hydroxyl groups is 1. The van der Waals surface area contributed by atoms with Crippen molar-refractivity contribution < 1.29 is 14.6 Å². The Balaban J connectivity index is 1.67. The van der Waals surface area contributed by atoms with Crippen LogP contribution in [0.3, 0.4) is 0 Å². The molecule has 2 aromatic rings. The fourth-order valence-electron chi connectivity index (χ4n) is 3.82. The van der Waals surface area contributed by atoms with Crippen molar-refractivity contribution in [2.75, 3.05) is 23.9 Å². The lowest BCUT2D eigenvalue weighted by Gasteiger charge is -2.33. The van der Waals surface area contributed by atoms with Crippen LogP contribution in [0.15, 0.2) is 24.5 Å². The molecule has 1 fully saturated rings. The zero-order valence-electron chi connectivity index (χ0n) is 16.3. The van der Waals surface area contributed by atoms with E-state index in [0.29, 0.717) is 23.0 Å². The Morgan fingerprint density at radius 1 is 1.25 bits per heavy atom. The van der Waals surface area contributed by atoms with Crippen molar-refractivity contribution in [3.8, 4) is 11.3 Å². The summed E-state index contributed by atoms with van der Waals surface area (Å²) in [7, 11) is 1.71. The summed E-state index contributed by atoms with van der Waals surface area (Å²) < 4.78 is 5.47. The van der Waals surface area contributed by atoms with Gasteiger partial charge in [-0.15, -0.1) is 0 Å². The maximum atomic E-state index is 12.7. The number of anilines is 2.